The topological polar surface area (TPSA) is 9.23 Å². The van der Waals surface area contributed by atoms with Crippen LogP contribution in [-0.4, -0.2) is 7.11 Å². The van der Waals surface area contributed by atoms with E-state index in [-0.39, 0.29) is 5.41 Å². The van der Waals surface area contributed by atoms with Gasteiger partial charge in [-0.25, -0.2) is 0 Å². The summed E-state index contributed by atoms with van der Waals surface area (Å²) >= 11 is 0. The van der Waals surface area contributed by atoms with E-state index >= 15 is 0 Å². The Hall–Kier alpha value is -1.50. The van der Waals surface area contributed by atoms with Gasteiger partial charge in [0.05, 0.1) is 7.11 Å². The van der Waals surface area contributed by atoms with Crippen molar-refractivity contribution in [1.29, 1.82) is 0 Å². The van der Waals surface area contributed by atoms with Crippen molar-refractivity contribution in [3.63, 3.8) is 0 Å². The van der Waals surface area contributed by atoms with E-state index in [4.69, 9.17) is 4.74 Å². The first-order chi connectivity index (χ1) is 10.3. The van der Waals surface area contributed by atoms with Gasteiger partial charge in [0.25, 0.3) is 0 Å². The zero-order chi connectivity index (χ0) is 16.4. The molecule has 0 heterocycles. The second-order valence-corrected chi connectivity index (χ2v) is 7.71. The van der Waals surface area contributed by atoms with Gasteiger partial charge in [0, 0.05) is 5.41 Å². The van der Waals surface area contributed by atoms with E-state index in [2.05, 4.69) is 58.9 Å². The van der Waals surface area contributed by atoms with Gasteiger partial charge >= 0.3 is 0 Å². The van der Waals surface area contributed by atoms with Gasteiger partial charge in [-0.05, 0) is 54.9 Å². The summed E-state index contributed by atoms with van der Waals surface area (Å²) in [6, 6.07) is 8.41. The molecule has 0 radical (unpaired) electrons. The van der Waals surface area contributed by atoms with E-state index in [1.807, 2.05) is 12.1 Å². The Balaban J connectivity index is 2.26. The van der Waals surface area contributed by atoms with Crippen molar-refractivity contribution in [1.82, 2.24) is 0 Å². The number of methoxy groups -OCH3 is 1. The minimum Gasteiger partial charge on any atom is -0.497 e. The van der Waals surface area contributed by atoms with Crippen molar-refractivity contribution in [2.75, 3.05) is 7.11 Å². The fourth-order valence-corrected chi connectivity index (χ4v) is 3.42. The number of hydrogen-bond acceptors (Lipinski definition) is 1. The summed E-state index contributed by atoms with van der Waals surface area (Å²) < 4.78 is 5.25. The third kappa shape index (κ3) is 3.63. The Bertz CT molecular complexity index is 570. The molecule has 1 aromatic rings. The summed E-state index contributed by atoms with van der Waals surface area (Å²) in [7, 11) is 1.71. The molecule has 0 atom stereocenters. The minimum absolute atomic E-state index is 0.0209. The average Bonchev–Trinajstić information content (AvgIpc) is 2.46. The standard InChI is InChI=1S/C21H30O/c1-16-8-7-14-21(4,5)19(16)13-15-20(2,3)17-9-11-18(22-6)12-10-17/h9-13,15H,7-8,14H2,1-6H3/b15-13+. The molecule has 1 aliphatic carbocycles. The third-order valence-corrected chi connectivity index (χ3v) is 5.04. The molecule has 0 N–H and O–H groups in total. The monoisotopic (exact) mass is 298 g/mol. The molecule has 0 aliphatic heterocycles. The summed E-state index contributed by atoms with van der Waals surface area (Å²) in [5, 5.41) is 0. The maximum absolute atomic E-state index is 5.25. The number of hydrogen-bond donors (Lipinski definition) is 0. The molecular weight excluding hydrogens is 268 g/mol. The first-order valence-electron chi connectivity index (χ1n) is 8.30. The summed E-state index contributed by atoms with van der Waals surface area (Å²) in [5.74, 6) is 0.912. The average molecular weight is 298 g/mol. The van der Waals surface area contributed by atoms with Crippen LogP contribution in [0.3, 0.4) is 0 Å². The predicted molar refractivity (Wildman–Crippen MR) is 95.5 cm³/mol. The predicted octanol–water partition coefficient (Wildman–Crippen LogP) is 6.06. The fourth-order valence-electron chi connectivity index (χ4n) is 3.42. The molecule has 0 saturated carbocycles. The summed E-state index contributed by atoms with van der Waals surface area (Å²) in [6.45, 7) is 11.6. The highest BCUT2D eigenvalue weighted by Gasteiger charge is 2.27. The van der Waals surface area contributed by atoms with Crippen molar-refractivity contribution in [3.8, 4) is 5.75 Å². The molecule has 0 fully saturated rings. The second kappa shape index (κ2) is 6.32. The normalized spacial score (nSPS) is 18.8. The van der Waals surface area contributed by atoms with Gasteiger partial charge in [-0.3, -0.25) is 0 Å². The maximum atomic E-state index is 5.25. The Morgan fingerprint density at radius 1 is 1.14 bits per heavy atom. The van der Waals surface area contributed by atoms with E-state index in [1.54, 1.807) is 12.7 Å². The van der Waals surface area contributed by atoms with Crippen LogP contribution in [0, 0.1) is 5.41 Å². The highest BCUT2D eigenvalue weighted by Crippen LogP contribution is 2.41. The van der Waals surface area contributed by atoms with Crippen molar-refractivity contribution in [3.05, 3.63) is 53.1 Å². The van der Waals surface area contributed by atoms with Gasteiger partial charge in [0.2, 0.25) is 0 Å². The molecule has 22 heavy (non-hydrogen) atoms. The molecule has 1 aliphatic rings. The Morgan fingerprint density at radius 2 is 1.77 bits per heavy atom. The van der Waals surface area contributed by atoms with Crippen molar-refractivity contribution < 1.29 is 4.74 Å². The summed E-state index contributed by atoms with van der Waals surface area (Å²) in [4.78, 5) is 0. The molecule has 1 nitrogen and oxygen atoms in total. The Kier molecular flexibility index (Phi) is 4.84. The lowest BCUT2D eigenvalue weighted by Gasteiger charge is -2.33. The van der Waals surface area contributed by atoms with Crippen LogP contribution in [0.1, 0.15) is 59.4 Å². The molecule has 0 spiro atoms. The number of benzene rings is 1. The van der Waals surface area contributed by atoms with E-state index in [9.17, 15) is 0 Å². The highest BCUT2D eigenvalue weighted by atomic mass is 16.5. The molecule has 0 unspecified atom stereocenters. The zero-order valence-corrected chi connectivity index (χ0v) is 15.0. The van der Waals surface area contributed by atoms with Crippen molar-refractivity contribution in [2.45, 2.75) is 59.3 Å². The molecule has 0 saturated heterocycles. The number of rotatable bonds is 4. The lowest BCUT2D eigenvalue weighted by atomic mass is 9.72. The minimum atomic E-state index is 0.0209. The first-order valence-corrected chi connectivity index (χ1v) is 8.30. The van der Waals surface area contributed by atoms with E-state index in [1.165, 1.54) is 30.4 Å². The second-order valence-electron chi connectivity index (χ2n) is 7.71. The first kappa shape index (κ1) is 16.9. The molecule has 0 bridgehead atoms. The van der Waals surface area contributed by atoms with Gasteiger partial charge in [-0.15, -0.1) is 0 Å². The van der Waals surface area contributed by atoms with Gasteiger partial charge in [0.15, 0.2) is 0 Å². The van der Waals surface area contributed by atoms with Crippen LogP contribution in [0.5, 0.6) is 5.75 Å². The lowest BCUT2D eigenvalue weighted by molar-refractivity contribution is 0.376. The van der Waals surface area contributed by atoms with Crippen LogP contribution in [0.4, 0.5) is 0 Å². The smallest absolute Gasteiger partial charge is 0.118 e. The highest BCUT2D eigenvalue weighted by molar-refractivity contribution is 5.38. The molecule has 1 aromatic carbocycles. The molecule has 1 heteroatoms. The maximum Gasteiger partial charge on any atom is 0.118 e. The van der Waals surface area contributed by atoms with Crippen LogP contribution in [0.25, 0.3) is 0 Å². The molecule has 0 amide bonds. The van der Waals surface area contributed by atoms with Crippen molar-refractivity contribution in [2.24, 2.45) is 5.41 Å². The van der Waals surface area contributed by atoms with Gasteiger partial charge in [-0.1, -0.05) is 57.6 Å². The van der Waals surface area contributed by atoms with Gasteiger partial charge in [-0.2, -0.15) is 0 Å². The van der Waals surface area contributed by atoms with E-state index < -0.39 is 0 Å². The third-order valence-electron chi connectivity index (χ3n) is 5.04. The van der Waals surface area contributed by atoms with Gasteiger partial charge in [0.1, 0.15) is 5.75 Å². The summed E-state index contributed by atoms with van der Waals surface area (Å²) in [6.07, 6.45) is 8.58. The van der Waals surface area contributed by atoms with Crippen LogP contribution in [0.15, 0.2) is 47.6 Å². The van der Waals surface area contributed by atoms with Crippen molar-refractivity contribution >= 4 is 0 Å². The van der Waals surface area contributed by atoms with Crippen LogP contribution < -0.4 is 4.74 Å². The number of ether oxygens (including phenoxy) is 1. The lowest BCUT2D eigenvalue weighted by Crippen LogP contribution is -2.20. The van der Waals surface area contributed by atoms with E-state index in [0.29, 0.717) is 5.41 Å². The van der Waals surface area contributed by atoms with Crippen LogP contribution in [-0.2, 0) is 5.41 Å². The Morgan fingerprint density at radius 3 is 2.32 bits per heavy atom. The molecule has 2 rings (SSSR count). The fraction of sp³-hybridized carbons (Fsp3) is 0.524. The number of allylic oxidation sites excluding steroid dienone is 4. The molecular formula is C21H30O. The van der Waals surface area contributed by atoms with Crippen LogP contribution >= 0.6 is 0 Å². The molecule has 0 aromatic heterocycles. The van der Waals surface area contributed by atoms with E-state index in [0.717, 1.165) is 5.75 Å². The summed E-state index contributed by atoms with van der Waals surface area (Å²) in [5.41, 5.74) is 4.72. The largest absolute Gasteiger partial charge is 0.497 e. The zero-order valence-electron chi connectivity index (χ0n) is 15.0. The van der Waals surface area contributed by atoms with Crippen LogP contribution in [0.2, 0.25) is 0 Å². The molecule has 120 valence electrons. The SMILES string of the molecule is COc1ccc(C(C)(C)/C=C/C2=C(C)CCCC2(C)C)cc1. The quantitative estimate of drug-likeness (QED) is 0.657. The Labute approximate surface area is 136 Å². The van der Waals surface area contributed by atoms with Gasteiger partial charge < -0.3 is 4.74 Å².